The van der Waals surface area contributed by atoms with Crippen LogP contribution in [-0.4, -0.2) is 112 Å². The Bertz CT molecular complexity index is 3300. The van der Waals surface area contributed by atoms with Crippen molar-refractivity contribution < 1.29 is 47.0 Å². The summed E-state index contributed by atoms with van der Waals surface area (Å²) in [7, 11) is 3.44. The number of fused-ring (bicyclic) bond motifs is 2. The lowest BCUT2D eigenvalue weighted by Crippen LogP contribution is -2.59. The highest BCUT2D eigenvalue weighted by atomic mass is 32.1. The van der Waals surface area contributed by atoms with Gasteiger partial charge in [0.1, 0.15) is 30.3 Å². The summed E-state index contributed by atoms with van der Waals surface area (Å²) in [5.74, 6) is -2.19. The summed E-state index contributed by atoms with van der Waals surface area (Å²) >= 11 is 1.52. The Morgan fingerprint density at radius 2 is 1.56 bits per heavy atom. The molecule has 1 saturated carbocycles. The van der Waals surface area contributed by atoms with Crippen LogP contribution in [0.2, 0.25) is 0 Å². The molecule has 4 N–H and O–H groups in total. The van der Waals surface area contributed by atoms with Crippen molar-refractivity contribution in [2.45, 2.75) is 193 Å². The Hall–Kier alpha value is -7.06. The first kappa shape index (κ1) is 65.4. The lowest BCUT2D eigenvalue weighted by molar-refractivity contribution is -0.145. The minimum Gasteiger partial charge on any atom is -0.497 e. The number of ether oxygens (including phenoxy) is 1. The van der Waals surface area contributed by atoms with E-state index in [4.69, 9.17) is 4.74 Å². The molecule has 0 spiro atoms. The third-order valence-electron chi connectivity index (χ3n) is 18.0. The zero-order chi connectivity index (χ0) is 62.9. The number of aromatic nitrogens is 3. The fraction of sp³-hybridized carbons (Fsp3) is 0.544. The highest BCUT2D eigenvalue weighted by molar-refractivity contribution is 7.13. The van der Waals surface area contributed by atoms with Gasteiger partial charge >= 0.3 is 0 Å². The largest absolute Gasteiger partial charge is 0.497 e. The Labute approximate surface area is 520 Å². The predicted molar refractivity (Wildman–Crippen MR) is 339 cm³/mol. The summed E-state index contributed by atoms with van der Waals surface area (Å²) < 4.78 is 52.3. The van der Waals surface area contributed by atoms with Gasteiger partial charge in [0.15, 0.2) is 5.67 Å². The molecule has 2 aromatic heterocycles. The number of alkyl halides is 3. The summed E-state index contributed by atoms with van der Waals surface area (Å²) in [5, 5.41) is 24.1. The average molecular weight is 1230 g/mol. The van der Waals surface area contributed by atoms with Crippen molar-refractivity contribution in [2.75, 3.05) is 43.6 Å². The Morgan fingerprint density at radius 1 is 0.886 bits per heavy atom. The molecule has 2 fully saturated rings. The Morgan fingerprint density at radius 3 is 2.18 bits per heavy atom. The van der Waals surface area contributed by atoms with Crippen molar-refractivity contribution in [3.8, 4) is 27.3 Å². The molecule has 2 unspecified atom stereocenters. The van der Waals surface area contributed by atoms with E-state index in [2.05, 4.69) is 30.9 Å². The monoisotopic (exact) mass is 1230 g/mol. The van der Waals surface area contributed by atoms with Crippen LogP contribution in [0.1, 0.15) is 177 Å². The number of rotatable bonds is 29. The number of halogens is 3. The number of aliphatic hydroxyl groups excluding tert-OH is 1. The number of methoxy groups -OCH3 is 1. The van der Waals surface area contributed by atoms with Crippen molar-refractivity contribution in [3.05, 3.63) is 100.0 Å². The van der Waals surface area contributed by atoms with Crippen LogP contribution in [-0.2, 0) is 36.9 Å². The Balaban J connectivity index is 0.683. The zero-order valence-corrected chi connectivity index (χ0v) is 53.0. The van der Waals surface area contributed by atoms with Gasteiger partial charge in [-0.05, 0) is 110 Å². The van der Waals surface area contributed by atoms with E-state index in [0.29, 0.717) is 42.1 Å². The number of hydrogen-bond acceptors (Lipinski definition) is 12. The summed E-state index contributed by atoms with van der Waals surface area (Å²) in [5.41, 5.74) is 7.79. The predicted octanol–water partition coefficient (Wildman–Crippen LogP) is 12.7. The number of hydrogen-bond donors (Lipinski definition) is 4. The molecule has 3 aliphatic heterocycles. The number of nitrogens with zero attached hydrogens (tertiary/aromatic N) is 6. The second kappa shape index (κ2) is 29.1. The number of aldehydes is 1. The molecule has 4 amide bonds. The second-order valence-electron chi connectivity index (χ2n) is 25.7. The van der Waals surface area contributed by atoms with Gasteiger partial charge in [0.05, 0.1) is 53.2 Å². The smallest absolute Gasteiger partial charge is 0.264 e. The number of thiazole rings is 1. The van der Waals surface area contributed by atoms with E-state index >= 15 is 0 Å². The molecule has 20 heteroatoms. The Kier molecular flexibility index (Phi) is 21.6. The number of likely N-dealkylation sites (N-methyl/N-ethyl adjacent to an activating group) is 1. The molecular weight excluding hydrogens is 1140 g/mol. The zero-order valence-electron chi connectivity index (χ0n) is 52.1. The number of nitrogens with one attached hydrogen (secondary N) is 3. The van der Waals surface area contributed by atoms with Gasteiger partial charge in [-0.2, -0.15) is 5.10 Å². The first-order valence-corrected chi connectivity index (χ1v) is 32.5. The third-order valence-corrected chi connectivity index (χ3v) is 18.9. The van der Waals surface area contributed by atoms with Crippen LogP contribution >= 0.6 is 11.3 Å². The maximum atomic E-state index is 15.0. The van der Waals surface area contributed by atoms with E-state index in [1.807, 2.05) is 80.3 Å². The SMILES string of the molecule is COc1cc(N2CCCc3cc(-c4cnn(CCCCCCCCCCCCCCNC(=O)C[C@H](NC(=O)[C@@H]5CC(C=O)CN5C(=O)[C@@H](NC(=O)C5(F)CC5)C(C)(C)C)c5ccc(-c6scnc6C)cc5)c4)c(C(F)F)cc32)c2c(c1)N(C)C(O)C(C)=C2. The van der Waals surface area contributed by atoms with Crippen molar-refractivity contribution in [1.29, 1.82) is 0 Å². The van der Waals surface area contributed by atoms with Gasteiger partial charge in [-0.1, -0.05) is 109 Å². The maximum Gasteiger partial charge on any atom is 0.264 e. The van der Waals surface area contributed by atoms with Crippen LogP contribution in [0.15, 0.2) is 72.0 Å². The van der Waals surface area contributed by atoms with E-state index in [-0.39, 0.29) is 43.7 Å². The molecule has 1 saturated heterocycles. The number of likely N-dealkylation sites (tertiary alicyclic amines) is 1. The standard InChI is InChI=1S/C68H88F3N9O7S/c1-43-31-53-56(77(6)64(43)84)34-50(87-7)35-57(53)79-30-20-21-48-33-51(52(62(69)70)36-55(48)79)49-38-74-78(40-49)29-19-17-15-13-11-9-8-10-12-14-16-18-28-72-59(82)37-54(46-22-24-47(25-23-46)60-44(2)73-42-88-60)75-63(83)58-32-45(41-81)39-80(58)65(85)61(67(3,4)5)76-66(86)68(71)26-27-68/h22-25,31,33-36,38,40-42,45,54,58,61-62,64,84H,8-21,26-30,32,37,39H2,1-7H3,(H,72,82)(H,75,83)(H,76,86)/t45?,54-,58-,61+,64?/m0/s1. The number of benzene rings is 3. The van der Waals surface area contributed by atoms with Crippen molar-refractivity contribution in [3.63, 3.8) is 0 Å². The highest BCUT2D eigenvalue weighted by Crippen LogP contribution is 2.47. The normalized spacial score (nSPS) is 18.5. The van der Waals surface area contributed by atoms with Gasteiger partial charge in [0.25, 0.3) is 12.3 Å². The molecular formula is C68H88F3N9O7S. The molecule has 5 atom stereocenters. The number of anilines is 3. The van der Waals surface area contributed by atoms with Gasteiger partial charge in [0.2, 0.25) is 17.7 Å². The van der Waals surface area contributed by atoms with Crippen LogP contribution in [0.5, 0.6) is 5.75 Å². The number of aryl methyl sites for hydroxylation is 3. The van der Waals surface area contributed by atoms with Gasteiger partial charge in [0, 0.05) is 79.9 Å². The van der Waals surface area contributed by atoms with E-state index < -0.39 is 65.5 Å². The lowest BCUT2D eigenvalue weighted by atomic mass is 9.85. The van der Waals surface area contributed by atoms with Gasteiger partial charge < -0.3 is 45.3 Å². The molecule has 5 aromatic rings. The molecule has 0 bridgehead atoms. The first-order valence-electron chi connectivity index (χ1n) is 31.6. The van der Waals surface area contributed by atoms with Gasteiger partial charge in [-0.25, -0.2) is 18.2 Å². The van der Waals surface area contributed by atoms with Crippen molar-refractivity contribution in [1.82, 2.24) is 35.6 Å². The van der Waals surface area contributed by atoms with Crippen molar-refractivity contribution >= 4 is 64.4 Å². The molecule has 16 nitrogen and oxygen atoms in total. The fourth-order valence-electron chi connectivity index (χ4n) is 12.6. The summed E-state index contributed by atoms with van der Waals surface area (Å²) in [4.78, 5) is 77.8. The van der Waals surface area contributed by atoms with Gasteiger partial charge in [-0.15, -0.1) is 11.3 Å². The third kappa shape index (κ3) is 15.7. The second-order valence-corrected chi connectivity index (χ2v) is 26.5. The minimum absolute atomic E-state index is 0.0231. The first-order chi connectivity index (χ1) is 42.2. The number of aliphatic hydroxyl groups is 1. The maximum absolute atomic E-state index is 15.0. The molecule has 9 rings (SSSR count). The van der Waals surface area contributed by atoms with E-state index in [0.717, 1.165) is 127 Å². The molecule has 1 aliphatic carbocycles. The van der Waals surface area contributed by atoms with Gasteiger partial charge in [-0.3, -0.25) is 23.9 Å². The van der Waals surface area contributed by atoms with Crippen LogP contribution in [0.25, 0.3) is 27.6 Å². The van der Waals surface area contributed by atoms with Crippen LogP contribution in [0.3, 0.4) is 0 Å². The molecule has 0 radical (unpaired) electrons. The topological polar surface area (TPSA) is 191 Å². The van der Waals surface area contributed by atoms with E-state index in [1.165, 1.54) is 35.5 Å². The number of amides is 4. The lowest BCUT2D eigenvalue weighted by Gasteiger charge is -2.38. The summed E-state index contributed by atoms with van der Waals surface area (Å²) in [6, 6.07) is 12.1. The van der Waals surface area contributed by atoms with E-state index in [9.17, 15) is 42.3 Å². The fourth-order valence-corrected chi connectivity index (χ4v) is 13.4. The highest BCUT2D eigenvalue weighted by Gasteiger charge is 2.53. The van der Waals surface area contributed by atoms with Crippen LogP contribution in [0.4, 0.5) is 30.2 Å². The number of carbonyl (C=O) groups excluding carboxylic acids is 5. The molecule has 3 aromatic carbocycles. The number of unbranched alkanes of at least 4 members (excludes halogenated alkanes) is 11. The molecule has 5 heterocycles. The summed E-state index contributed by atoms with van der Waals surface area (Å²) in [6.45, 7) is 10.9. The minimum atomic E-state index is -2.69. The molecule has 4 aliphatic rings. The van der Waals surface area contributed by atoms with Crippen LogP contribution < -0.4 is 30.5 Å². The quantitative estimate of drug-likeness (QED) is 0.0263. The molecule has 474 valence electrons. The van der Waals surface area contributed by atoms with E-state index in [1.54, 1.807) is 50.6 Å². The van der Waals surface area contributed by atoms with Crippen molar-refractivity contribution in [2.24, 2.45) is 11.3 Å². The van der Waals surface area contributed by atoms with Crippen LogP contribution in [0, 0.1) is 18.3 Å². The summed E-state index contributed by atoms with van der Waals surface area (Å²) in [6.07, 6.45) is 17.6. The molecule has 88 heavy (non-hydrogen) atoms. The number of carbonyl (C=O) groups is 5. The average Bonchev–Trinajstić information content (AvgIpc) is 1.20.